The highest BCUT2D eigenvalue weighted by Crippen LogP contribution is 2.13. The fourth-order valence-corrected chi connectivity index (χ4v) is 2.63. The summed E-state index contributed by atoms with van der Waals surface area (Å²) in [5, 5.41) is 8.57. The number of carboxylic acids is 1. The number of aliphatic carboxylic acids is 1. The molecule has 0 radical (unpaired) electrons. The smallest absolute Gasteiger partial charge is 0.410 e. The van der Waals surface area contributed by atoms with Gasteiger partial charge in [0.05, 0.1) is 11.5 Å². The average molecular weight is 332 g/mol. The number of thioether (sulfide) groups is 1. The van der Waals surface area contributed by atoms with E-state index in [1.165, 1.54) is 0 Å². The number of ether oxygens (including phenoxy) is 1. The number of carbonyl (C=O) groups excluding carboxylic acids is 2. The quantitative estimate of drug-likeness (QED) is 0.834. The minimum absolute atomic E-state index is 0.0797. The number of nitrogens with zero attached hydrogens (tertiary/aromatic N) is 2. The van der Waals surface area contributed by atoms with Gasteiger partial charge in [0.1, 0.15) is 5.60 Å². The van der Waals surface area contributed by atoms with Gasteiger partial charge in [0.25, 0.3) is 0 Å². The molecule has 0 aromatic heterocycles. The molecule has 7 nitrogen and oxygen atoms in total. The van der Waals surface area contributed by atoms with Crippen LogP contribution in [0.4, 0.5) is 4.79 Å². The highest BCUT2D eigenvalue weighted by molar-refractivity contribution is 8.00. The molecule has 0 saturated carbocycles. The van der Waals surface area contributed by atoms with Gasteiger partial charge in [-0.1, -0.05) is 0 Å². The normalized spacial score (nSPS) is 16.1. The molecule has 0 atom stereocenters. The van der Waals surface area contributed by atoms with Crippen molar-refractivity contribution in [2.24, 2.45) is 0 Å². The summed E-state index contributed by atoms with van der Waals surface area (Å²) in [6.07, 6.45) is 0.330. The molecule has 8 heteroatoms. The molecule has 2 amide bonds. The number of carboxylic acid groups (broad SMARTS) is 1. The first-order valence-electron chi connectivity index (χ1n) is 7.24. The Balaban J connectivity index is 2.43. The van der Waals surface area contributed by atoms with Crippen LogP contribution in [-0.4, -0.2) is 76.2 Å². The van der Waals surface area contributed by atoms with E-state index in [1.807, 2.05) is 20.8 Å². The molecule has 126 valence electrons. The molecule has 1 fully saturated rings. The Morgan fingerprint density at radius 1 is 1.05 bits per heavy atom. The Morgan fingerprint density at radius 3 is 2.23 bits per heavy atom. The number of carbonyl (C=O) groups is 3. The second-order valence-corrected chi connectivity index (χ2v) is 7.07. The standard InChI is InChI=1S/C14H24N2O5S/c1-14(2,3)21-13(20)16-6-4-5-15(7-8-16)11(17)9-22-10-12(18)19/h4-10H2,1-3H3,(H,18,19). The van der Waals surface area contributed by atoms with E-state index in [-0.39, 0.29) is 23.5 Å². The van der Waals surface area contributed by atoms with Gasteiger partial charge in [-0.15, -0.1) is 11.8 Å². The molecule has 0 bridgehead atoms. The van der Waals surface area contributed by atoms with E-state index < -0.39 is 11.6 Å². The first-order valence-corrected chi connectivity index (χ1v) is 8.40. The van der Waals surface area contributed by atoms with E-state index in [0.29, 0.717) is 32.6 Å². The maximum Gasteiger partial charge on any atom is 0.410 e. The third-order valence-electron chi connectivity index (χ3n) is 2.95. The monoisotopic (exact) mass is 332 g/mol. The summed E-state index contributed by atoms with van der Waals surface area (Å²) in [6.45, 7) is 7.47. The van der Waals surface area contributed by atoms with Crippen molar-refractivity contribution in [1.82, 2.24) is 9.80 Å². The number of hydrogen-bond acceptors (Lipinski definition) is 5. The van der Waals surface area contributed by atoms with Crippen LogP contribution in [0.2, 0.25) is 0 Å². The predicted molar refractivity (Wildman–Crippen MR) is 84.0 cm³/mol. The molecule has 1 N–H and O–H groups in total. The van der Waals surface area contributed by atoms with Crippen LogP contribution in [0.1, 0.15) is 27.2 Å². The van der Waals surface area contributed by atoms with Crippen LogP contribution in [0.25, 0.3) is 0 Å². The molecule has 22 heavy (non-hydrogen) atoms. The summed E-state index contributed by atoms with van der Waals surface area (Å²) < 4.78 is 5.33. The largest absolute Gasteiger partial charge is 0.481 e. The van der Waals surface area contributed by atoms with E-state index in [4.69, 9.17) is 9.84 Å². The van der Waals surface area contributed by atoms with Crippen molar-refractivity contribution in [3.8, 4) is 0 Å². The maximum absolute atomic E-state index is 12.0. The molecule has 0 aliphatic carbocycles. The maximum atomic E-state index is 12.0. The Labute approximate surface area is 135 Å². The van der Waals surface area contributed by atoms with Crippen LogP contribution in [0.5, 0.6) is 0 Å². The molecule has 1 heterocycles. The zero-order valence-corrected chi connectivity index (χ0v) is 14.1. The second kappa shape index (κ2) is 8.26. The molecule has 1 aliphatic rings. The lowest BCUT2D eigenvalue weighted by atomic mass is 10.2. The van der Waals surface area contributed by atoms with Crippen LogP contribution < -0.4 is 0 Å². The topological polar surface area (TPSA) is 87.2 Å². The Bertz CT molecular complexity index is 422. The Hall–Kier alpha value is -1.44. The summed E-state index contributed by atoms with van der Waals surface area (Å²) in [7, 11) is 0. The van der Waals surface area contributed by atoms with Crippen LogP contribution in [-0.2, 0) is 14.3 Å². The van der Waals surface area contributed by atoms with Gasteiger partial charge >= 0.3 is 12.1 Å². The SMILES string of the molecule is CC(C)(C)OC(=O)N1CCCN(C(=O)CSCC(=O)O)CC1. The zero-order chi connectivity index (χ0) is 16.8. The van der Waals surface area contributed by atoms with Crippen molar-refractivity contribution in [2.45, 2.75) is 32.8 Å². The van der Waals surface area contributed by atoms with E-state index >= 15 is 0 Å². The summed E-state index contributed by atoms with van der Waals surface area (Å²) in [6, 6.07) is 0. The Morgan fingerprint density at radius 2 is 1.64 bits per heavy atom. The highest BCUT2D eigenvalue weighted by atomic mass is 32.2. The third-order valence-corrected chi connectivity index (χ3v) is 3.85. The third kappa shape index (κ3) is 7.02. The van der Waals surface area contributed by atoms with E-state index in [1.54, 1.807) is 9.80 Å². The lowest BCUT2D eigenvalue weighted by Gasteiger charge is -2.26. The summed E-state index contributed by atoms with van der Waals surface area (Å²) in [5.41, 5.74) is -0.535. The van der Waals surface area contributed by atoms with Crippen LogP contribution in [0, 0.1) is 0 Å². The van der Waals surface area contributed by atoms with Crippen molar-refractivity contribution in [2.75, 3.05) is 37.7 Å². The lowest BCUT2D eigenvalue weighted by Crippen LogP contribution is -2.40. The van der Waals surface area contributed by atoms with Crippen LogP contribution >= 0.6 is 11.8 Å². The van der Waals surface area contributed by atoms with Gasteiger partial charge in [0, 0.05) is 26.2 Å². The predicted octanol–water partition coefficient (Wildman–Crippen LogP) is 1.27. The second-order valence-electron chi connectivity index (χ2n) is 6.09. The van der Waals surface area contributed by atoms with Gasteiger partial charge in [0.15, 0.2) is 0 Å². The minimum atomic E-state index is -0.926. The summed E-state index contributed by atoms with van der Waals surface area (Å²) >= 11 is 1.09. The van der Waals surface area contributed by atoms with Crippen molar-refractivity contribution < 1.29 is 24.2 Å². The van der Waals surface area contributed by atoms with Crippen LogP contribution in [0.15, 0.2) is 0 Å². The van der Waals surface area contributed by atoms with Gasteiger partial charge in [-0.3, -0.25) is 9.59 Å². The van der Waals surface area contributed by atoms with Crippen molar-refractivity contribution in [1.29, 1.82) is 0 Å². The van der Waals surface area contributed by atoms with Gasteiger partial charge < -0.3 is 19.6 Å². The first-order chi connectivity index (χ1) is 10.2. The van der Waals surface area contributed by atoms with Crippen molar-refractivity contribution in [3.63, 3.8) is 0 Å². The number of rotatable bonds is 4. The van der Waals surface area contributed by atoms with Crippen molar-refractivity contribution in [3.05, 3.63) is 0 Å². The molecule has 1 aliphatic heterocycles. The van der Waals surface area contributed by atoms with Gasteiger partial charge in [-0.2, -0.15) is 0 Å². The molecule has 0 aromatic rings. The molecule has 0 unspecified atom stereocenters. The van der Waals surface area contributed by atoms with Gasteiger partial charge in [-0.05, 0) is 27.2 Å². The molecular formula is C14H24N2O5S. The minimum Gasteiger partial charge on any atom is -0.481 e. The fraction of sp³-hybridized carbons (Fsp3) is 0.786. The number of amides is 2. The fourth-order valence-electron chi connectivity index (χ4n) is 1.99. The molecule has 1 saturated heterocycles. The molecule has 0 spiro atoms. The van der Waals surface area contributed by atoms with E-state index in [0.717, 1.165) is 11.8 Å². The molecule has 0 aromatic carbocycles. The van der Waals surface area contributed by atoms with E-state index in [2.05, 4.69) is 0 Å². The lowest BCUT2D eigenvalue weighted by molar-refractivity contribution is -0.133. The average Bonchev–Trinajstić information content (AvgIpc) is 2.61. The van der Waals surface area contributed by atoms with Gasteiger partial charge in [0.2, 0.25) is 5.91 Å². The summed E-state index contributed by atoms with van der Waals surface area (Å²) in [5.74, 6) is -0.940. The zero-order valence-electron chi connectivity index (χ0n) is 13.3. The van der Waals surface area contributed by atoms with Crippen molar-refractivity contribution >= 4 is 29.7 Å². The first kappa shape index (κ1) is 18.6. The summed E-state index contributed by atoms with van der Waals surface area (Å²) in [4.78, 5) is 37.8. The molecular weight excluding hydrogens is 308 g/mol. The van der Waals surface area contributed by atoms with Crippen LogP contribution in [0.3, 0.4) is 0 Å². The van der Waals surface area contributed by atoms with E-state index in [9.17, 15) is 14.4 Å². The van der Waals surface area contributed by atoms with Gasteiger partial charge in [-0.25, -0.2) is 4.79 Å². The Kier molecular flexibility index (Phi) is 6.99. The molecule has 1 rings (SSSR count). The highest BCUT2D eigenvalue weighted by Gasteiger charge is 2.25. The number of hydrogen-bond donors (Lipinski definition) is 1.